The maximum atomic E-state index is 5.80. The van der Waals surface area contributed by atoms with E-state index in [0.29, 0.717) is 6.42 Å². The van der Waals surface area contributed by atoms with Gasteiger partial charge in [0.2, 0.25) is 0 Å². The lowest BCUT2D eigenvalue weighted by atomic mass is 10.0. The predicted molar refractivity (Wildman–Crippen MR) is 42.8 cm³/mol. The maximum Gasteiger partial charge on any atom is 0.128 e. The fourth-order valence-corrected chi connectivity index (χ4v) is 1.07. The van der Waals surface area contributed by atoms with Crippen LogP contribution in [0.15, 0.2) is 17.1 Å². The van der Waals surface area contributed by atoms with Crippen molar-refractivity contribution in [2.45, 2.75) is 25.0 Å². The molecule has 10 heavy (non-hydrogen) atoms. The number of nitrogens with zero attached hydrogens (tertiary/aromatic N) is 1. The van der Waals surface area contributed by atoms with Crippen LogP contribution in [-0.4, -0.2) is 17.9 Å². The molecule has 0 fully saturated rings. The molecule has 4 N–H and O–H groups in total. The summed E-state index contributed by atoms with van der Waals surface area (Å²) < 4.78 is 0. The molecular weight excluding hydrogens is 126 g/mol. The van der Waals surface area contributed by atoms with Crippen molar-refractivity contribution in [3.05, 3.63) is 12.2 Å². The van der Waals surface area contributed by atoms with Crippen LogP contribution in [0.2, 0.25) is 0 Å². The van der Waals surface area contributed by atoms with Crippen LogP contribution in [-0.2, 0) is 0 Å². The first-order valence-electron chi connectivity index (χ1n) is 3.40. The molecule has 1 aliphatic heterocycles. The van der Waals surface area contributed by atoms with Crippen molar-refractivity contribution in [3.63, 3.8) is 0 Å². The Hall–Kier alpha value is -0.670. The molecule has 0 aliphatic carbocycles. The molecule has 56 valence electrons. The summed E-state index contributed by atoms with van der Waals surface area (Å²) in [5.74, 6) is 0. The van der Waals surface area contributed by atoms with Gasteiger partial charge in [-0.15, -0.1) is 0 Å². The lowest BCUT2D eigenvalue weighted by molar-refractivity contribution is 0.470. The molecule has 2 unspecified atom stereocenters. The van der Waals surface area contributed by atoms with Crippen molar-refractivity contribution in [1.82, 2.24) is 0 Å². The fourth-order valence-electron chi connectivity index (χ4n) is 1.07. The van der Waals surface area contributed by atoms with Crippen LogP contribution in [0.5, 0.6) is 0 Å². The van der Waals surface area contributed by atoms with Crippen LogP contribution in [0.3, 0.4) is 0 Å². The van der Waals surface area contributed by atoms with E-state index >= 15 is 0 Å². The monoisotopic (exact) mass is 139 g/mol. The maximum absolute atomic E-state index is 5.80. The minimum absolute atomic E-state index is 0.102. The Morgan fingerprint density at radius 3 is 2.80 bits per heavy atom. The number of hydrogen-bond donors (Lipinski definition) is 2. The van der Waals surface area contributed by atoms with Crippen molar-refractivity contribution in [2.75, 3.05) is 0 Å². The van der Waals surface area contributed by atoms with Crippen LogP contribution >= 0.6 is 0 Å². The van der Waals surface area contributed by atoms with Crippen molar-refractivity contribution in [3.8, 4) is 0 Å². The van der Waals surface area contributed by atoms with E-state index in [1.54, 1.807) is 6.21 Å². The summed E-state index contributed by atoms with van der Waals surface area (Å²) in [7, 11) is 0. The summed E-state index contributed by atoms with van der Waals surface area (Å²) >= 11 is 0. The zero-order chi connectivity index (χ0) is 7.61. The third-order valence-corrected chi connectivity index (χ3v) is 1.43. The van der Waals surface area contributed by atoms with Gasteiger partial charge in [0.25, 0.3) is 0 Å². The summed E-state index contributed by atoms with van der Waals surface area (Å²) in [6.07, 6.45) is 6.14. The van der Waals surface area contributed by atoms with Crippen molar-refractivity contribution in [2.24, 2.45) is 16.5 Å². The van der Waals surface area contributed by atoms with E-state index in [9.17, 15) is 0 Å². The smallest absolute Gasteiger partial charge is 0.128 e. The quantitative estimate of drug-likeness (QED) is 0.566. The molecule has 3 heteroatoms. The Bertz CT molecular complexity index is 158. The molecular formula is C7H13N3. The van der Waals surface area contributed by atoms with Crippen molar-refractivity contribution < 1.29 is 0 Å². The SMILES string of the molecule is CC(N)CC1(N)C=CC=N1. The second-order valence-corrected chi connectivity index (χ2v) is 2.81. The highest BCUT2D eigenvalue weighted by Gasteiger charge is 2.22. The minimum Gasteiger partial charge on any atom is -0.328 e. The Morgan fingerprint density at radius 1 is 1.70 bits per heavy atom. The van der Waals surface area contributed by atoms with E-state index in [1.807, 2.05) is 19.1 Å². The zero-order valence-corrected chi connectivity index (χ0v) is 6.12. The lowest BCUT2D eigenvalue weighted by Gasteiger charge is -2.19. The van der Waals surface area contributed by atoms with E-state index in [-0.39, 0.29) is 6.04 Å². The second kappa shape index (κ2) is 2.52. The highest BCUT2D eigenvalue weighted by atomic mass is 15.0. The molecule has 0 aromatic heterocycles. The molecule has 1 rings (SSSR count). The third-order valence-electron chi connectivity index (χ3n) is 1.43. The van der Waals surface area contributed by atoms with Gasteiger partial charge in [-0.2, -0.15) is 0 Å². The first-order chi connectivity index (χ1) is 4.62. The molecule has 0 saturated heterocycles. The van der Waals surface area contributed by atoms with Gasteiger partial charge in [-0.1, -0.05) is 0 Å². The first kappa shape index (κ1) is 7.44. The molecule has 2 atom stereocenters. The normalized spacial score (nSPS) is 33.1. The van der Waals surface area contributed by atoms with Gasteiger partial charge < -0.3 is 11.5 Å². The highest BCUT2D eigenvalue weighted by Crippen LogP contribution is 2.15. The zero-order valence-electron chi connectivity index (χ0n) is 6.12. The molecule has 1 aliphatic rings. The Morgan fingerprint density at radius 2 is 2.40 bits per heavy atom. The fraction of sp³-hybridized carbons (Fsp3) is 0.571. The van der Waals surface area contributed by atoms with Crippen molar-refractivity contribution in [1.29, 1.82) is 0 Å². The third kappa shape index (κ3) is 1.65. The lowest BCUT2D eigenvalue weighted by Crippen LogP contribution is -2.39. The number of nitrogens with two attached hydrogens (primary N) is 2. The van der Waals surface area contributed by atoms with Gasteiger partial charge in [0, 0.05) is 18.7 Å². The minimum atomic E-state index is -0.520. The van der Waals surface area contributed by atoms with Crippen molar-refractivity contribution >= 4 is 6.21 Å². The molecule has 0 amide bonds. The van der Waals surface area contributed by atoms with Gasteiger partial charge in [-0.3, -0.25) is 4.99 Å². The van der Waals surface area contributed by atoms with Gasteiger partial charge in [0.1, 0.15) is 5.66 Å². The summed E-state index contributed by atoms with van der Waals surface area (Å²) in [5, 5.41) is 0. The number of rotatable bonds is 2. The number of aliphatic imine (C=N–C) groups is 1. The van der Waals surface area contributed by atoms with E-state index in [0.717, 1.165) is 0 Å². The summed E-state index contributed by atoms with van der Waals surface area (Å²) in [6.45, 7) is 1.93. The summed E-state index contributed by atoms with van der Waals surface area (Å²) in [4.78, 5) is 4.07. The molecule has 0 radical (unpaired) electrons. The summed E-state index contributed by atoms with van der Waals surface area (Å²) in [5.41, 5.74) is 10.8. The van der Waals surface area contributed by atoms with Crippen LogP contribution in [0, 0.1) is 0 Å². The van der Waals surface area contributed by atoms with Crippen LogP contribution in [0.4, 0.5) is 0 Å². The molecule has 0 aromatic rings. The topological polar surface area (TPSA) is 64.4 Å². The number of hydrogen-bond acceptors (Lipinski definition) is 3. The molecule has 0 aromatic carbocycles. The highest BCUT2D eigenvalue weighted by molar-refractivity contribution is 5.75. The molecule has 0 bridgehead atoms. The van der Waals surface area contributed by atoms with E-state index < -0.39 is 5.66 Å². The van der Waals surface area contributed by atoms with Gasteiger partial charge in [0.05, 0.1) is 0 Å². The second-order valence-electron chi connectivity index (χ2n) is 2.81. The Balaban J connectivity index is 2.53. The van der Waals surface area contributed by atoms with Crippen LogP contribution in [0.1, 0.15) is 13.3 Å². The number of allylic oxidation sites excluding steroid dienone is 1. The average molecular weight is 139 g/mol. The molecule has 0 spiro atoms. The van der Waals surface area contributed by atoms with E-state index in [2.05, 4.69) is 4.99 Å². The van der Waals surface area contributed by atoms with Gasteiger partial charge in [-0.25, -0.2) is 0 Å². The summed E-state index contributed by atoms with van der Waals surface area (Å²) in [6, 6.07) is 0.102. The van der Waals surface area contributed by atoms with E-state index in [1.165, 1.54) is 0 Å². The van der Waals surface area contributed by atoms with Gasteiger partial charge in [-0.05, 0) is 19.1 Å². The van der Waals surface area contributed by atoms with E-state index in [4.69, 9.17) is 11.5 Å². The average Bonchev–Trinajstić information content (AvgIpc) is 2.12. The van der Waals surface area contributed by atoms with Crippen LogP contribution < -0.4 is 11.5 Å². The van der Waals surface area contributed by atoms with Gasteiger partial charge >= 0.3 is 0 Å². The molecule has 3 nitrogen and oxygen atoms in total. The molecule has 1 heterocycles. The van der Waals surface area contributed by atoms with Gasteiger partial charge in [0.15, 0.2) is 0 Å². The first-order valence-corrected chi connectivity index (χ1v) is 3.40. The standard InChI is InChI=1S/C7H13N3/c1-6(8)5-7(9)3-2-4-10-7/h2-4,6H,5,8-9H2,1H3. The van der Waals surface area contributed by atoms with Crippen LogP contribution in [0.25, 0.3) is 0 Å². The Kier molecular flexibility index (Phi) is 1.87. The largest absolute Gasteiger partial charge is 0.328 e. The molecule has 0 saturated carbocycles. The Labute approximate surface area is 60.8 Å². The predicted octanol–water partition coefficient (Wildman–Crippen LogP) is 0.0193.